The zero-order valence-electron chi connectivity index (χ0n) is 24.9. The van der Waals surface area contributed by atoms with E-state index in [-0.39, 0.29) is 27.4 Å². The van der Waals surface area contributed by atoms with Gasteiger partial charge in [0.05, 0.1) is 26.4 Å². The summed E-state index contributed by atoms with van der Waals surface area (Å²) in [4.78, 5) is 9.65. The molecule has 7 rings (SSSR count). The molecule has 0 saturated heterocycles. The van der Waals surface area contributed by atoms with Crippen molar-refractivity contribution >= 4 is 59.4 Å². The lowest BCUT2D eigenvalue weighted by Crippen LogP contribution is -2.27. The predicted octanol–water partition coefficient (Wildman–Crippen LogP) is 5.89. The summed E-state index contributed by atoms with van der Waals surface area (Å²) in [5, 5.41) is 12.3. The predicted molar refractivity (Wildman–Crippen MR) is 174 cm³/mol. The Labute approximate surface area is 261 Å². The Morgan fingerprint density at radius 1 is 0.756 bits per heavy atom. The standard InChI is InChI=1S/C32H31N7O4S2/c1-20-7-12-25(13-8-20)44(40,41)38-18-17-28-30(33-23-5-4-6-23)35-32(36-31(28)38)34-24-11-16-27-22(3)37-39(29(27)19-24)45(42,43)26-14-9-21(2)10-15-26/h7-19,23H,4-6H2,1-3H3,(H2,33,34,35,36). The van der Waals surface area contributed by atoms with Crippen LogP contribution in [0.15, 0.2) is 88.8 Å². The highest BCUT2D eigenvalue weighted by Gasteiger charge is 2.26. The minimum atomic E-state index is -3.97. The van der Waals surface area contributed by atoms with E-state index in [1.165, 1.54) is 10.2 Å². The van der Waals surface area contributed by atoms with Crippen LogP contribution in [-0.4, -0.2) is 46.0 Å². The molecule has 0 atom stereocenters. The summed E-state index contributed by atoms with van der Waals surface area (Å²) >= 11 is 0. The van der Waals surface area contributed by atoms with Crippen LogP contribution < -0.4 is 10.6 Å². The molecule has 45 heavy (non-hydrogen) atoms. The molecule has 0 unspecified atom stereocenters. The van der Waals surface area contributed by atoms with Gasteiger partial charge in [-0.05, 0) is 88.6 Å². The van der Waals surface area contributed by atoms with Gasteiger partial charge in [-0.15, -0.1) is 0 Å². The molecule has 1 saturated carbocycles. The molecule has 6 aromatic rings. The first-order valence-electron chi connectivity index (χ1n) is 14.6. The molecule has 1 fully saturated rings. The maximum atomic E-state index is 13.7. The van der Waals surface area contributed by atoms with Crippen molar-refractivity contribution < 1.29 is 16.8 Å². The monoisotopic (exact) mass is 641 g/mol. The Morgan fingerprint density at radius 3 is 2.02 bits per heavy atom. The summed E-state index contributed by atoms with van der Waals surface area (Å²) in [6, 6.07) is 20.5. The number of aromatic nitrogens is 5. The zero-order valence-corrected chi connectivity index (χ0v) is 26.5. The van der Waals surface area contributed by atoms with Gasteiger partial charge in [0.2, 0.25) is 5.95 Å². The average Bonchev–Trinajstić information content (AvgIpc) is 3.57. The van der Waals surface area contributed by atoms with E-state index >= 15 is 0 Å². The number of fused-ring (bicyclic) bond motifs is 2. The molecule has 0 amide bonds. The minimum absolute atomic E-state index is 0.131. The molecule has 0 bridgehead atoms. The van der Waals surface area contributed by atoms with Crippen molar-refractivity contribution in [2.24, 2.45) is 0 Å². The lowest BCUT2D eigenvalue weighted by molar-refractivity contribution is 0.445. The number of anilines is 3. The van der Waals surface area contributed by atoms with Crippen LogP contribution in [-0.2, 0) is 20.0 Å². The van der Waals surface area contributed by atoms with Crippen LogP contribution in [0, 0.1) is 20.8 Å². The van der Waals surface area contributed by atoms with Crippen LogP contribution in [0.4, 0.5) is 17.5 Å². The third kappa shape index (κ3) is 5.11. The summed E-state index contributed by atoms with van der Waals surface area (Å²) in [5.41, 5.74) is 3.58. The van der Waals surface area contributed by atoms with Gasteiger partial charge in [0.1, 0.15) is 5.82 Å². The van der Waals surface area contributed by atoms with E-state index in [1.807, 2.05) is 13.8 Å². The highest BCUT2D eigenvalue weighted by Crippen LogP contribution is 2.32. The smallest absolute Gasteiger partial charge is 0.283 e. The number of rotatable bonds is 8. The topological polar surface area (TPSA) is 141 Å². The van der Waals surface area contributed by atoms with Crippen LogP contribution in [0.3, 0.4) is 0 Å². The molecular formula is C32H31N7O4S2. The molecule has 230 valence electrons. The van der Waals surface area contributed by atoms with Gasteiger partial charge in [-0.1, -0.05) is 35.4 Å². The van der Waals surface area contributed by atoms with Gasteiger partial charge in [-0.25, -0.2) is 12.4 Å². The summed E-state index contributed by atoms with van der Waals surface area (Å²) < 4.78 is 56.8. The Kier molecular flexibility index (Phi) is 6.89. The summed E-state index contributed by atoms with van der Waals surface area (Å²) in [6.45, 7) is 5.55. The summed E-state index contributed by atoms with van der Waals surface area (Å²) in [7, 11) is -7.92. The lowest BCUT2D eigenvalue weighted by atomic mass is 9.93. The van der Waals surface area contributed by atoms with Crippen molar-refractivity contribution in [1.29, 1.82) is 0 Å². The third-order valence-electron chi connectivity index (χ3n) is 8.17. The molecule has 0 spiro atoms. The number of nitrogens with zero attached hydrogens (tertiary/aromatic N) is 5. The quantitative estimate of drug-likeness (QED) is 0.208. The first-order valence-corrected chi connectivity index (χ1v) is 17.5. The second-order valence-corrected chi connectivity index (χ2v) is 15.0. The molecule has 13 heteroatoms. The maximum Gasteiger partial charge on any atom is 0.283 e. The normalized spacial score (nSPS) is 14.1. The molecule has 3 heterocycles. The van der Waals surface area contributed by atoms with Gasteiger partial charge in [0.25, 0.3) is 20.0 Å². The Balaban J connectivity index is 1.32. The zero-order chi connectivity index (χ0) is 31.5. The SMILES string of the molecule is Cc1ccc(S(=O)(=O)n2ccc3c(NC4CCC4)nc(Nc4ccc5c(C)nn(S(=O)(=O)c6ccc(C)cc6)c5c4)nc32)cc1. The van der Waals surface area contributed by atoms with Crippen LogP contribution in [0.5, 0.6) is 0 Å². The molecular weight excluding hydrogens is 611 g/mol. The van der Waals surface area contributed by atoms with Gasteiger partial charge >= 0.3 is 0 Å². The molecule has 3 aromatic carbocycles. The van der Waals surface area contributed by atoms with Crippen molar-refractivity contribution in [1.82, 2.24) is 23.1 Å². The minimum Gasteiger partial charge on any atom is -0.367 e. The van der Waals surface area contributed by atoms with Crippen molar-refractivity contribution in [2.75, 3.05) is 10.6 Å². The number of hydrogen-bond donors (Lipinski definition) is 2. The first kappa shape index (κ1) is 29.0. The van der Waals surface area contributed by atoms with Crippen molar-refractivity contribution in [3.05, 3.63) is 95.8 Å². The number of benzene rings is 3. The number of aryl methyl sites for hydroxylation is 3. The third-order valence-corrected chi connectivity index (χ3v) is 11.5. The van der Waals surface area contributed by atoms with Crippen LogP contribution in [0.1, 0.15) is 36.1 Å². The first-order chi connectivity index (χ1) is 21.5. The molecule has 1 aliphatic rings. The van der Waals surface area contributed by atoms with E-state index in [0.717, 1.165) is 34.5 Å². The largest absolute Gasteiger partial charge is 0.367 e. The van der Waals surface area contributed by atoms with Crippen molar-refractivity contribution in [3.8, 4) is 0 Å². The van der Waals surface area contributed by atoms with E-state index in [4.69, 9.17) is 4.98 Å². The highest BCUT2D eigenvalue weighted by atomic mass is 32.2. The molecule has 0 aliphatic heterocycles. The lowest BCUT2D eigenvalue weighted by Gasteiger charge is -2.27. The number of hydrogen-bond acceptors (Lipinski definition) is 9. The Hall–Kier alpha value is -4.75. The molecule has 2 N–H and O–H groups in total. The van der Waals surface area contributed by atoms with Crippen LogP contribution >= 0.6 is 0 Å². The molecule has 1 aliphatic carbocycles. The van der Waals surface area contributed by atoms with Crippen LogP contribution in [0.25, 0.3) is 21.9 Å². The maximum absolute atomic E-state index is 13.7. The van der Waals surface area contributed by atoms with E-state index in [0.29, 0.717) is 33.5 Å². The van der Waals surface area contributed by atoms with Crippen molar-refractivity contribution in [3.63, 3.8) is 0 Å². The highest BCUT2D eigenvalue weighted by molar-refractivity contribution is 7.90. The van der Waals surface area contributed by atoms with E-state index in [1.54, 1.807) is 79.7 Å². The molecule has 0 radical (unpaired) electrons. The fourth-order valence-electron chi connectivity index (χ4n) is 5.36. The Bertz CT molecular complexity index is 2310. The van der Waals surface area contributed by atoms with Crippen LogP contribution in [0.2, 0.25) is 0 Å². The second-order valence-electron chi connectivity index (χ2n) is 11.4. The second kappa shape index (κ2) is 10.7. The Morgan fingerprint density at radius 2 is 1.40 bits per heavy atom. The summed E-state index contributed by atoms with van der Waals surface area (Å²) in [6.07, 6.45) is 4.59. The van der Waals surface area contributed by atoms with Gasteiger partial charge in [-0.3, -0.25) is 0 Å². The fraction of sp³-hybridized carbons (Fsp3) is 0.219. The van der Waals surface area contributed by atoms with Crippen molar-refractivity contribution in [2.45, 2.75) is 55.9 Å². The van der Waals surface area contributed by atoms with Gasteiger partial charge in [0.15, 0.2) is 5.65 Å². The van der Waals surface area contributed by atoms with Gasteiger partial charge in [-0.2, -0.15) is 27.6 Å². The summed E-state index contributed by atoms with van der Waals surface area (Å²) in [5.74, 6) is 0.681. The van der Waals surface area contributed by atoms with Gasteiger partial charge in [0, 0.05) is 23.3 Å². The van der Waals surface area contributed by atoms with E-state index in [2.05, 4.69) is 20.7 Å². The molecule has 3 aromatic heterocycles. The van der Waals surface area contributed by atoms with E-state index in [9.17, 15) is 16.8 Å². The average molecular weight is 642 g/mol. The number of nitrogens with one attached hydrogen (secondary N) is 2. The molecule has 11 nitrogen and oxygen atoms in total. The fourth-order valence-corrected chi connectivity index (χ4v) is 7.98. The van der Waals surface area contributed by atoms with E-state index < -0.39 is 20.0 Å². The van der Waals surface area contributed by atoms with Gasteiger partial charge < -0.3 is 10.6 Å².